The first-order valence-corrected chi connectivity index (χ1v) is 13.8. The van der Waals surface area contributed by atoms with Crippen molar-refractivity contribution in [1.82, 2.24) is 0 Å². The molecule has 7 rings (SSSR count). The molecule has 2 unspecified atom stereocenters. The van der Waals surface area contributed by atoms with Crippen LogP contribution < -0.4 is 10.6 Å². The van der Waals surface area contributed by atoms with Crippen LogP contribution in [0.5, 0.6) is 0 Å². The minimum absolute atomic E-state index is 0. The molecule has 3 saturated carbocycles. The smallest absolute Gasteiger partial charge is 0.167 e. The molecular formula is C31H33CoOP-. The number of hydrogen-bond acceptors (Lipinski definition) is 1. The van der Waals surface area contributed by atoms with Gasteiger partial charge in [0, 0.05) is 39.1 Å². The maximum Gasteiger partial charge on any atom is 0.167 e. The maximum atomic E-state index is 15.0. The van der Waals surface area contributed by atoms with Gasteiger partial charge in [-0.3, -0.25) is 0 Å². The standard InChI is InChI=1S/C25H25OP.C5H5.CH3.Co/c26-27(19-8-3-1-4-9-19,20-10-5-2-6-11-20)24-17-25-16-18(25)14-15-23(25)21-12-7-13-22(21)24;1-2-4-5-3-1;;/h1-6,8-11,18H,7,12-17H2;1-5H;1H3;/q;;-1;. The van der Waals surface area contributed by atoms with Gasteiger partial charge in [0.2, 0.25) is 0 Å². The van der Waals surface area contributed by atoms with Crippen LogP contribution in [0.4, 0.5) is 0 Å². The minimum Gasteiger partial charge on any atom is -0.358 e. The Morgan fingerprint density at radius 2 is 1.35 bits per heavy atom. The van der Waals surface area contributed by atoms with E-state index in [0.29, 0.717) is 5.41 Å². The van der Waals surface area contributed by atoms with Crippen molar-refractivity contribution in [3.63, 3.8) is 0 Å². The predicted molar refractivity (Wildman–Crippen MR) is 141 cm³/mol. The summed E-state index contributed by atoms with van der Waals surface area (Å²) in [4.78, 5) is 0. The SMILES string of the molecule is O=P(C1=C2CCCC2=C2CCC3CC23C1)(c1ccccc1)c1ccccc1.[CH3-].[CH]1C=CC=C1.[Co]. The van der Waals surface area contributed by atoms with E-state index < -0.39 is 7.14 Å². The molecular weight excluding hydrogens is 478 g/mol. The topological polar surface area (TPSA) is 17.1 Å². The van der Waals surface area contributed by atoms with Gasteiger partial charge in [0.15, 0.2) is 7.14 Å². The first kappa shape index (κ1) is 25.2. The second-order valence-electron chi connectivity index (χ2n) is 9.75. The van der Waals surface area contributed by atoms with E-state index >= 15 is 0 Å². The normalized spacial score (nSPS) is 25.5. The molecule has 3 heteroatoms. The van der Waals surface area contributed by atoms with Gasteiger partial charge in [0.05, 0.1) is 0 Å². The number of rotatable bonds is 3. The van der Waals surface area contributed by atoms with Crippen molar-refractivity contribution in [2.24, 2.45) is 11.3 Å². The zero-order valence-electron chi connectivity index (χ0n) is 19.9. The summed E-state index contributed by atoms with van der Waals surface area (Å²) in [5, 5.41) is 3.33. The quantitative estimate of drug-likeness (QED) is 0.305. The zero-order chi connectivity index (χ0) is 21.6. The Morgan fingerprint density at radius 3 is 1.88 bits per heavy atom. The van der Waals surface area contributed by atoms with E-state index in [4.69, 9.17) is 0 Å². The van der Waals surface area contributed by atoms with E-state index in [1.165, 1.54) is 43.0 Å². The molecule has 0 N–H and O–H groups in total. The molecule has 0 aliphatic heterocycles. The Hall–Kier alpha value is -1.86. The van der Waals surface area contributed by atoms with Gasteiger partial charge in [-0.25, -0.2) is 0 Å². The molecule has 1 nitrogen and oxygen atoms in total. The Bertz CT molecular complexity index is 1150. The summed E-state index contributed by atoms with van der Waals surface area (Å²) >= 11 is 0. The van der Waals surface area contributed by atoms with Crippen LogP contribution in [0.15, 0.2) is 107 Å². The van der Waals surface area contributed by atoms with E-state index in [0.717, 1.165) is 29.4 Å². The molecule has 34 heavy (non-hydrogen) atoms. The van der Waals surface area contributed by atoms with Crippen molar-refractivity contribution in [3.8, 4) is 0 Å². The second kappa shape index (κ2) is 10.0. The van der Waals surface area contributed by atoms with Crippen LogP contribution in [-0.2, 0) is 21.3 Å². The van der Waals surface area contributed by atoms with E-state index in [-0.39, 0.29) is 24.2 Å². The monoisotopic (exact) mass is 511 g/mol. The van der Waals surface area contributed by atoms with Crippen LogP contribution in [0.1, 0.15) is 44.9 Å². The summed E-state index contributed by atoms with van der Waals surface area (Å²) in [6.07, 6.45) is 18.6. The fraction of sp³-hybridized carbons (Fsp3) is 0.290. The van der Waals surface area contributed by atoms with Crippen LogP contribution in [0.2, 0.25) is 0 Å². The van der Waals surface area contributed by atoms with Crippen LogP contribution in [0.25, 0.3) is 0 Å². The zero-order valence-corrected chi connectivity index (χ0v) is 21.8. The van der Waals surface area contributed by atoms with E-state index in [2.05, 4.69) is 24.3 Å². The molecule has 0 saturated heterocycles. The average Bonchev–Trinajstić information content (AvgIpc) is 3.38. The Labute approximate surface area is 215 Å². The third-order valence-corrected chi connectivity index (χ3v) is 11.4. The van der Waals surface area contributed by atoms with Crippen molar-refractivity contribution < 1.29 is 21.3 Å². The average molecular weight is 512 g/mol. The van der Waals surface area contributed by atoms with Crippen molar-refractivity contribution >= 4 is 17.8 Å². The van der Waals surface area contributed by atoms with Crippen molar-refractivity contribution in [1.29, 1.82) is 0 Å². The van der Waals surface area contributed by atoms with Gasteiger partial charge in [0.25, 0.3) is 0 Å². The fourth-order valence-electron chi connectivity index (χ4n) is 6.63. The molecule has 3 fully saturated rings. The first-order valence-electron chi connectivity index (χ1n) is 12.1. The van der Waals surface area contributed by atoms with Gasteiger partial charge < -0.3 is 12.0 Å². The Balaban J connectivity index is 0.000000351. The molecule has 2 aromatic rings. The molecule has 1 spiro atoms. The van der Waals surface area contributed by atoms with Crippen LogP contribution >= 0.6 is 7.14 Å². The summed E-state index contributed by atoms with van der Waals surface area (Å²) in [6.45, 7) is 0. The second-order valence-corrected chi connectivity index (χ2v) is 12.5. The molecule has 0 heterocycles. The largest absolute Gasteiger partial charge is 0.358 e. The van der Waals surface area contributed by atoms with Crippen LogP contribution in [-0.4, -0.2) is 0 Å². The molecule has 0 bridgehead atoms. The van der Waals surface area contributed by atoms with Gasteiger partial charge in [-0.2, -0.15) is 0 Å². The molecule has 2 radical (unpaired) electrons. The third-order valence-electron chi connectivity index (χ3n) is 8.16. The van der Waals surface area contributed by atoms with Gasteiger partial charge in [-0.05, 0) is 67.4 Å². The molecule has 5 aliphatic rings. The van der Waals surface area contributed by atoms with E-state index in [1.54, 1.807) is 11.1 Å². The van der Waals surface area contributed by atoms with Gasteiger partial charge >= 0.3 is 0 Å². The van der Waals surface area contributed by atoms with Crippen molar-refractivity contribution in [2.75, 3.05) is 0 Å². The van der Waals surface area contributed by atoms with Gasteiger partial charge in [0.1, 0.15) is 0 Å². The molecule has 178 valence electrons. The van der Waals surface area contributed by atoms with Crippen LogP contribution in [0, 0.1) is 25.2 Å². The predicted octanol–water partition coefficient (Wildman–Crippen LogP) is 7.70. The Kier molecular flexibility index (Phi) is 7.43. The third kappa shape index (κ3) is 3.98. The fourth-order valence-corrected chi connectivity index (χ4v) is 9.87. The summed E-state index contributed by atoms with van der Waals surface area (Å²) in [5.74, 6) is 0.858. The summed E-state index contributed by atoms with van der Waals surface area (Å²) in [5.41, 5.74) is 5.27. The number of allylic oxidation sites excluding steroid dienone is 8. The number of benzene rings is 2. The van der Waals surface area contributed by atoms with Gasteiger partial charge in [-0.1, -0.05) is 90.5 Å². The maximum absolute atomic E-state index is 15.0. The van der Waals surface area contributed by atoms with Gasteiger partial charge in [-0.15, -0.1) is 0 Å². The summed E-state index contributed by atoms with van der Waals surface area (Å²) < 4.78 is 15.0. The Morgan fingerprint density at radius 1 is 0.765 bits per heavy atom. The minimum atomic E-state index is -2.79. The molecule has 0 aromatic heterocycles. The summed E-state index contributed by atoms with van der Waals surface area (Å²) in [7, 11) is -2.79. The number of fused-ring (bicyclic) bond motifs is 1. The molecule has 2 aromatic carbocycles. The van der Waals surface area contributed by atoms with E-state index in [9.17, 15) is 4.57 Å². The van der Waals surface area contributed by atoms with E-state index in [1.807, 2.05) is 67.1 Å². The molecule has 0 amide bonds. The first-order chi connectivity index (χ1) is 15.7. The molecule has 2 atom stereocenters. The molecule has 5 aliphatic carbocycles. The van der Waals surface area contributed by atoms with Crippen LogP contribution in [0.3, 0.4) is 0 Å². The number of hydrogen-bond donors (Lipinski definition) is 0. The van der Waals surface area contributed by atoms with Crippen molar-refractivity contribution in [2.45, 2.75) is 44.9 Å². The van der Waals surface area contributed by atoms with Crippen molar-refractivity contribution in [3.05, 3.63) is 121 Å². The summed E-state index contributed by atoms with van der Waals surface area (Å²) in [6, 6.07) is 20.6.